The molecule has 7 nitrogen and oxygen atoms in total. The van der Waals surface area contributed by atoms with Gasteiger partial charge in [0, 0.05) is 44.8 Å². The van der Waals surface area contributed by atoms with Crippen molar-refractivity contribution < 1.29 is 9.32 Å². The smallest absolute Gasteiger partial charge is 0.241 e. The van der Waals surface area contributed by atoms with Crippen LogP contribution in [0.25, 0.3) is 11.4 Å². The maximum Gasteiger partial charge on any atom is 0.241 e. The molecule has 2 aliphatic heterocycles. The average Bonchev–Trinajstić information content (AvgIpc) is 3.23. The molecule has 0 saturated carbocycles. The second-order valence-electron chi connectivity index (χ2n) is 9.36. The first-order valence-corrected chi connectivity index (χ1v) is 11.6. The number of aryl methyl sites for hydroxylation is 1. The van der Waals surface area contributed by atoms with Gasteiger partial charge in [0.05, 0.1) is 13.1 Å². The molecule has 0 N–H and O–H groups in total. The van der Waals surface area contributed by atoms with Crippen LogP contribution in [0.15, 0.2) is 28.8 Å². The number of carbonyl (C=O) groups excluding carboxylic acids is 1. The van der Waals surface area contributed by atoms with E-state index in [2.05, 4.69) is 57.7 Å². The van der Waals surface area contributed by atoms with E-state index < -0.39 is 0 Å². The van der Waals surface area contributed by atoms with Crippen LogP contribution in [0, 0.1) is 11.8 Å². The zero-order valence-electron chi connectivity index (χ0n) is 19.1. The molecule has 1 aromatic carbocycles. The predicted molar refractivity (Wildman–Crippen MR) is 120 cm³/mol. The first-order chi connectivity index (χ1) is 15.0. The maximum absolute atomic E-state index is 12.7. The van der Waals surface area contributed by atoms with Crippen molar-refractivity contribution in [3.8, 4) is 11.4 Å². The minimum Gasteiger partial charge on any atom is -0.341 e. The number of amides is 1. The molecule has 7 heteroatoms. The molecule has 1 aromatic heterocycles. The third-order valence-electron chi connectivity index (χ3n) is 6.49. The van der Waals surface area contributed by atoms with E-state index in [1.807, 2.05) is 12.1 Å². The zero-order valence-corrected chi connectivity index (χ0v) is 19.1. The van der Waals surface area contributed by atoms with Crippen molar-refractivity contribution in [2.24, 2.45) is 11.8 Å². The Morgan fingerprint density at radius 3 is 2.32 bits per heavy atom. The standard InChI is InChI=1S/C24H35N5O2/c1-4-20-5-7-21(8-6-20)24-25-22(31-26-24)16-27-9-11-28(12-10-27)17-23(30)29-14-18(2)13-19(3)15-29/h5-8,18-19H,4,9-17H2,1-3H3. The highest BCUT2D eigenvalue weighted by atomic mass is 16.5. The molecule has 2 aliphatic rings. The summed E-state index contributed by atoms with van der Waals surface area (Å²) in [6, 6.07) is 8.31. The first kappa shape index (κ1) is 22.0. The molecule has 0 bridgehead atoms. The van der Waals surface area contributed by atoms with E-state index in [1.54, 1.807) is 0 Å². The highest BCUT2D eigenvalue weighted by Gasteiger charge is 2.27. The van der Waals surface area contributed by atoms with Crippen LogP contribution in [0.2, 0.25) is 0 Å². The van der Waals surface area contributed by atoms with E-state index in [0.717, 1.165) is 51.3 Å². The van der Waals surface area contributed by atoms with Crippen molar-refractivity contribution in [1.82, 2.24) is 24.8 Å². The molecule has 0 spiro atoms. The van der Waals surface area contributed by atoms with Gasteiger partial charge in [-0.05, 0) is 30.2 Å². The van der Waals surface area contributed by atoms with Crippen LogP contribution in [0.3, 0.4) is 0 Å². The fraction of sp³-hybridized carbons (Fsp3) is 0.625. The van der Waals surface area contributed by atoms with Gasteiger partial charge in [0.25, 0.3) is 0 Å². The second-order valence-corrected chi connectivity index (χ2v) is 9.36. The summed E-state index contributed by atoms with van der Waals surface area (Å²) in [7, 11) is 0. The van der Waals surface area contributed by atoms with Crippen molar-refractivity contribution in [1.29, 1.82) is 0 Å². The highest BCUT2D eigenvalue weighted by molar-refractivity contribution is 5.78. The third-order valence-corrected chi connectivity index (χ3v) is 6.49. The molecule has 2 atom stereocenters. The third kappa shape index (κ3) is 5.71. The average molecular weight is 426 g/mol. The lowest BCUT2D eigenvalue weighted by Crippen LogP contribution is -2.51. The molecule has 2 fully saturated rings. The maximum atomic E-state index is 12.7. The number of piperazine rings is 1. The van der Waals surface area contributed by atoms with E-state index in [-0.39, 0.29) is 5.91 Å². The SMILES string of the molecule is CCc1ccc(-c2noc(CN3CCN(CC(=O)N4CC(C)CC(C)C4)CC3)n2)cc1. The van der Waals surface area contributed by atoms with Crippen molar-refractivity contribution in [3.63, 3.8) is 0 Å². The van der Waals surface area contributed by atoms with Crippen LogP contribution < -0.4 is 0 Å². The fourth-order valence-corrected chi connectivity index (χ4v) is 4.78. The van der Waals surface area contributed by atoms with Crippen LogP contribution >= 0.6 is 0 Å². The van der Waals surface area contributed by atoms with Crippen LogP contribution in [-0.2, 0) is 17.8 Å². The second kappa shape index (κ2) is 9.92. The number of carbonyl (C=O) groups is 1. The van der Waals surface area contributed by atoms with E-state index in [4.69, 9.17) is 4.52 Å². The summed E-state index contributed by atoms with van der Waals surface area (Å²) in [5, 5.41) is 4.15. The Kier molecular flexibility index (Phi) is 7.02. The van der Waals surface area contributed by atoms with Crippen molar-refractivity contribution in [2.75, 3.05) is 45.8 Å². The first-order valence-electron chi connectivity index (χ1n) is 11.6. The van der Waals surface area contributed by atoms with Crippen LogP contribution in [-0.4, -0.2) is 76.6 Å². The summed E-state index contributed by atoms with van der Waals surface area (Å²) < 4.78 is 5.49. The summed E-state index contributed by atoms with van der Waals surface area (Å²) in [4.78, 5) is 24.0. The van der Waals surface area contributed by atoms with E-state index in [1.165, 1.54) is 12.0 Å². The number of hydrogen-bond acceptors (Lipinski definition) is 6. The van der Waals surface area contributed by atoms with Gasteiger partial charge in [0.1, 0.15) is 0 Å². The van der Waals surface area contributed by atoms with Crippen LogP contribution in [0.4, 0.5) is 0 Å². The lowest BCUT2D eigenvalue weighted by Gasteiger charge is -2.38. The lowest BCUT2D eigenvalue weighted by atomic mass is 9.92. The van der Waals surface area contributed by atoms with E-state index >= 15 is 0 Å². The normalized spacial score (nSPS) is 23.3. The topological polar surface area (TPSA) is 65.7 Å². The number of benzene rings is 1. The van der Waals surface area contributed by atoms with Gasteiger partial charge < -0.3 is 9.42 Å². The number of likely N-dealkylation sites (tertiary alicyclic amines) is 1. The molecular formula is C24H35N5O2. The van der Waals surface area contributed by atoms with Crippen LogP contribution in [0.5, 0.6) is 0 Å². The van der Waals surface area contributed by atoms with E-state index in [9.17, 15) is 4.79 Å². The molecule has 2 saturated heterocycles. The van der Waals surface area contributed by atoms with Crippen molar-refractivity contribution in [2.45, 2.75) is 40.2 Å². The van der Waals surface area contributed by atoms with Crippen LogP contribution in [0.1, 0.15) is 38.6 Å². The molecule has 3 heterocycles. The molecule has 0 radical (unpaired) electrons. The summed E-state index contributed by atoms with van der Waals surface area (Å²) >= 11 is 0. The fourth-order valence-electron chi connectivity index (χ4n) is 4.78. The molecule has 1 amide bonds. The molecular weight excluding hydrogens is 390 g/mol. The van der Waals surface area contributed by atoms with Gasteiger partial charge in [-0.2, -0.15) is 4.98 Å². The zero-order chi connectivity index (χ0) is 21.8. The lowest BCUT2D eigenvalue weighted by molar-refractivity contribution is -0.135. The Bertz CT molecular complexity index is 847. The predicted octanol–water partition coefficient (Wildman–Crippen LogP) is 2.92. The summed E-state index contributed by atoms with van der Waals surface area (Å²) in [5.41, 5.74) is 2.28. The van der Waals surface area contributed by atoms with Crippen molar-refractivity contribution >= 4 is 5.91 Å². The quantitative estimate of drug-likeness (QED) is 0.709. The summed E-state index contributed by atoms with van der Waals surface area (Å²) in [6.07, 6.45) is 2.25. The Balaban J connectivity index is 1.24. The highest BCUT2D eigenvalue weighted by Crippen LogP contribution is 2.21. The van der Waals surface area contributed by atoms with Gasteiger partial charge in [0.2, 0.25) is 17.6 Å². The Hall–Kier alpha value is -2.25. The number of aromatic nitrogens is 2. The van der Waals surface area contributed by atoms with E-state index in [0.29, 0.717) is 36.6 Å². The number of nitrogens with zero attached hydrogens (tertiary/aromatic N) is 5. The molecule has 4 rings (SSSR count). The number of piperidine rings is 1. The van der Waals surface area contributed by atoms with Gasteiger partial charge in [-0.25, -0.2) is 0 Å². The Labute approximate surface area is 185 Å². The minimum atomic E-state index is 0.280. The van der Waals surface area contributed by atoms with Gasteiger partial charge in [-0.3, -0.25) is 14.6 Å². The van der Waals surface area contributed by atoms with Gasteiger partial charge in [-0.15, -0.1) is 0 Å². The number of hydrogen-bond donors (Lipinski definition) is 0. The van der Waals surface area contributed by atoms with Gasteiger partial charge in [-0.1, -0.05) is 50.2 Å². The largest absolute Gasteiger partial charge is 0.341 e. The van der Waals surface area contributed by atoms with Crippen molar-refractivity contribution in [3.05, 3.63) is 35.7 Å². The van der Waals surface area contributed by atoms with Gasteiger partial charge in [0.15, 0.2) is 0 Å². The van der Waals surface area contributed by atoms with Gasteiger partial charge >= 0.3 is 0 Å². The molecule has 2 aromatic rings. The molecule has 0 aliphatic carbocycles. The Morgan fingerprint density at radius 1 is 1.03 bits per heavy atom. The molecule has 168 valence electrons. The minimum absolute atomic E-state index is 0.280. The summed E-state index contributed by atoms with van der Waals surface area (Å²) in [6.45, 7) is 13.2. The monoisotopic (exact) mass is 425 g/mol. The Morgan fingerprint density at radius 2 is 1.68 bits per heavy atom. The molecule has 2 unspecified atom stereocenters. The molecule has 31 heavy (non-hydrogen) atoms. The number of rotatable bonds is 6. The summed E-state index contributed by atoms with van der Waals surface area (Å²) in [5.74, 6) is 2.78.